The molecule has 0 bridgehead atoms. The first-order valence-corrected chi connectivity index (χ1v) is 13.6. The molecule has 43 heavy (non-hydrogen) atoms. The van der Waals surface area contributed by atoms with Crippen molar-refractivity contribution < 1.29 is 43.2 Å². The van der Waals surface area contributed by atoms with Crippen LogP contribution in [-0.2, 0) is 20.6 Å². The molecule has 1 fully saturated rings. The van der Waals surface area contributed by atoms with Gasteiger partial charge in [-0.15, -0.1) is 0 Å². The van der Waals surface area contributed by atoms with Crippen LogP contribution in [0.4, 0.5) is 4.79 Å². The van der Waals surface area contributed by atoms with Crippen LogP contribution < -0.4 is 16.1 Å². The van der Waals surface area contributed by atoms with Crippen molar-refractivity contribution in [1.82, 2.24) is 0 Å². The Balaban J connectivity index is 1.42. The fourth-order valence-electron chi connectivity index (χ4n) is 5.43. The van der Waals surface area contributed by atoms with Gasteiger partial charge >= 0.3 is 11.7 Å². The van der Waals surface area contributed by atoms with E-state index in [9.17, 15) is 24.6 Å². The Morgan fingerprint density at radius 3 is 2.65 bits per heavy atom. The quantitative estimate of drug-likeness (QED) is 0.260. The number of aryl methyl sites for hydroxylation is 1. The minimum Gasteiger partial charge on any atom is -0.507 e. The molecule has 0 aliphatic carbocycles. The molecule has 4 atom stereocenters. The Morgan fingerprint density at radius 2 is 1.98 bits per heavy atom. The highest BCUT2D eigenvalue weighted by Crippen LogP contribution is 2.37. The van der Waals surface area contributed by atoms with Gasteiger partial charge in [-0.25, -0.2) is 9.59 Å². The molecule has 0 spiro atoms. The average molecular weight is 593 g/mol. The van der Waals surface area contributed by atoms with Gasteiger partial charge in [-0.05, 0) is 45.0 Å². The van der Waals surface area contributed by atoms with E-state index in [1.807, 2.05) is 18.2 Å². The first-order valence-electron chi connectivity index (χ1n) is 13.6. The van der Waals surface area contributed by atoms with Gasteiger partial charge in [0.25, 0.3) is 0 Å². The molecular formula is C31H32N2O10. The molecule has 1 amide bonds. The highest BCUT2D eigenvalue weighted by Gasteiger charge is 2.53. The van der Waals surface area contributed by atoms with E-state index < -0.39 is 41.9 Å². The van der Waals surface area contributed by atoms with Gasteiger partial charge < -0.3 is 39.3 Å². The molecule has 1 aromatic heterocycles. The number of carbonyl (C=O) groups is 2. The second-order valence-corrected chi connectivity index (χ2v) is 10.8. The maximum atomic E-state index is 13.1. The van der Waals surface area contributed by atoms with Crippen LogP contribution in [0.25, 0.3) is 11.0 Å². The first kappa shape index (κ1) is 30.0. The topological polar surface area (TPSA) is 180 Å². The number of hydrogen-bond donors (Lipinski definition) is 3. The number of fused-ring (bicyclic) bond motifs is 1. The number of benzene rings is 2. The lowest BCUT2D eigenvalue weighted by molar-refractivity contribution is -0.304. The van der Waals surface area contributed by atoms with E-state index >= 15 is 0 Å². The van der Waals surface area contributed by atoms with E-state index in [2.05, 4.69) is 4.99 Å². The third kappa shape index (κ3) is 5.76. The summed E-state index contributed by atoms with van der Waals surface area (Å²) in [5.41, 5.74) is 5.31. The maximum Gasteiger partial charge on any atom is 0.404 e. The molecular weight excluding hydrogens is 560 g/mol. The molecule has 1 saturated heterocycles. The number of allylic oxidation sites excluding steroid dienone is 1. The molecule has 3 heterocycles. The molecule has 2 aliphatic rings. The number of aromatic hydroxyl groups is 1. The number of primary amides is 1. The van der Waals surface area contributed by atoms with Crippen LogP contribution in [0.5, 0.6) is 11.5 Å². The summed E-state index contributed by atoms with van der Waals surface area (Å²) in [6, 6.07) is 9.87. The Hall–Kier alpha value is -4.52. The molecule has 5 rings (SSSR count). The number of hydrogen-bond acceptors (Lipinski definition) is 11. The zero-order valence-corrected chi connectivity index (χ0v) is 24.0. The summed E-state index contributed by atoms with van der Waals surface area (Å²) in [6.45, 7) is 5.51. The second kappa shape index (κ2) is 11.6. The standard InChI is InChI=1S/C31H32N2O10/c1-15-22(40-29-24(36)26(42-30(32)38)27(39-4)31(2,3)43-29)11-10-18-23(35)19(28(37)41-25(15)18)14-21(34)17-8-5-7-16(13-17)20-9-6-12-33-20/h5-11,13,24,26-27,29,35-36H,12,14H2,1-4H3,(H2,32,38)/t24-,26+,27-,29-/m1/s1. The van der Waals surface area contributed by atoms with E-state index in [0.29, 0.717) is 17.7 Å². The summed E-state index contributed by atoms with van der Waals surface area (Å²) in [4.78, 5) is 42.0. The minimum atomic E-state index is -1.50. The van der Waals surface area contributed by atoms with Crippen molar-refractivity contribution in [3.8, 4) is 11.5 Å². The van der Waals surface area contributed by atoms with E-state index in [1.54, 1.807) is 39.0 Å². The van der Waals surface area contributed by atoms with Crippen LogP contribution in [-0.4, -0.2) is 71.7 Å². The number of aliphatic imine (C=N–C) groups is 1. The van der Waals surface area contributed by atoms with Crippen molar-refractivity contribution in [3.05, 3.63) is 81.2 Å². The Morgan fingerprint density at radius 1 is 1.21 bits per heavy atom. The van der Waals surface area contributed by atoms with Crippen molar-refractivity contribution in [2.45, 2.75) is 57.4 Å². The Labute approximate surface area is 246 Å². The number of ketones is 1. The largest absolute Gasteiger partial charge is 0.507 e. The van der Waals surface area contributed by atoms with Gasteiger partial charge in [0.05, 0.1) is 28.8 Å². The highest BCUT2D eigenvalue weighted by molar-refractivity contribution is 6.11. The molecule has 0 unspecified atom stereocenters. The van der Waals surface area contributed by atoms with E-state index in [1.165, 1.54) is 19.2 Å². The van der Waals surface area contributed by atoms with Gasteiger partial charge in [-0.2, -0.15) is 0 Å². The SMILES string of the molecule is CO[C@@H]1[C@@H](OC(N)=O)[C@@H](O)[C@H](Oc2ccc3c(O)c(CC(=O)c4cccc(C5=NCC=C5)c4)c(=O)oc3c2C)OC1(C)C. The Bertz CT molecular complexity index is 1710. The second-order valence-electron chi connectivity index (χ2n) is 10.8. The lowest BCUT2D eigenvalue weighted by atomic mass is 9.89. The van der Waals surface area contributed by atoms with Gasteiger partial charge in [0.2, 0.25) is 6.29 Å². The van der Waals surface area contributed by atoms with Crippen molar-refractivity contribution in [1.29, 1.82) is 0 Å². The zero-order chi connectivity index (χ0) is 31.1. The summed E-state index contributed by atoms with van der Waals surface area (Å²) in [5.74, 6) is -0.606. The first-order chi connectivity index (χ1) is 20.4. The molecule has 12 nitrogen and oxygen atoms in total. The predicted molar refractivity (Wildman–Crippen MR) is 155 cm³/mol. The van der Waals surface area contributed by atoms with Crippen LogP contribution >= 0.6 is 0 Å². The van der Waals surface area contributed by atoms with Crippen molar-refractivity contribution >= 4 is 28.6 Å². The molecule has 0 saturated carbocycles. The fraction of sp³-hybridized carbons (Fsp3) is 0.355. The van der Waals surface area contributed by atoms with Crippen LogP contribution in [0.2, 0.25) is 0 Å². The average Bonchev–Trinajstić information content (AvgIpc) is 3.50. The van der Waals surface area contributed by atoms with Gasteiger partial charge in [0.1, 0.15) is 23.2 Å². The predicted octanol–water partition coefficient (Wildman–Crippen LogP) is 2.94. The zero-order valence-electron chi connectivity index (χ0n) is 24.0. The number of aliphatic hydroxyl groups excluding tert-OH is 1. The monoisotopic (exact) mass is 592 g/mol. The van der Waals surface area contributed by atoms with Crippen LogP contribution in [0.1, 0.15) is 40.9 Å². The van der Waals surface area contributed by atoms with Crippen LogP contribution in [0, 0.1) is 6.92 Å². The molecule has 3 aromatic rings. The van der Waals surface area contributed by atoms with E-state index in [-0.39, 0.29) is 40.2 Å². The normalized spacial score (nSPS) is 22.8. The molecule has 2 aliphatic heterocycles. The number of nitrogens with two attached hydrogens (primary N) is 1. The number of amides is 1. The lowest BCUT2D eigenvalue weighted by Gasteiger charge is -2.47. The number of ether oxygens (including phenoxy) is 4. The molecule has 4 N–H and O–H groups in total. The van der Waals surface area contributed by atoms with Gasteiger partial charge in [0.15, 0.2) is 18.0 Å². The maximum absolute atomic E-state index is 13.1. The summed E-state index contributed by atoms with van der Waals surface area (Å²) in [5, 5.41) is 22.2. The van der Waals surface area contributed by atoms with E-state index in [0.717, 1.165) is 11.3 Å². The van der Waals surface area contributed by atoms with Gasteiger partial charge in [-0.3, -0.25) is 9.79 Å². The van der Waals surface area contributed by atoms with Crippen molar-refractivity contribution in [2.75, 3.05) is 13.7 Å². The van der Waals surface area contributed by atoms with Gasteiger partial charge in [0, 0.05) is 30.2 Å². The Kier molecular flexibility index (Phi) is 8.10. The third-order valence-corrected chi connectivity index (χ3v) is 7.57. The molecule has 2 aromatic carbocycles. The number of nitrogens with zero attached hydrogens (tertiary/aromatic N) is 1. The molecule has 226 valence electrons. The number of carbonyl (C=O) groups excluding carboxylic acids is 2. The number of aliphatic hydroxyl groups is 1. The third-order valence-electron chi connectivity index (χ3n) is 7.57. The highest BCUT2D eigenvalue weighted by atomic mass is 16.7. The summed E-state index contributed by atoms with van der Waals surface area (Å²) in [6.07, 6.45) is -2.60. The number of rotatable bonds is 8. The van der Waals surface area contributed by atoms with Crippen LogP contribution in [0.15, 0.2) is 62.8 Å². The number of methoxy groups -OCH3 is 1. The van der Waals surface area contributed by atoms with E-state index in [4.69, 9.17) is 29.1 Å². The minimum absolute atomic E-state index is 0.0218. The summed E-state index contributed by atoms with van der Waals surface area (Å²) < 4.78 is 28.0. The summed E-state index contributed by atoms with van der Waals surface area (Å²) in [7, 11) is 1.38. The smallest absolute Gasteiger partial charge is 0.404 e. The molecule has 12 heteroatoms. The van der Waals surface area contributed by atoms with Crippen molar-refractivity contribution in [3.63, 3.8) is 0 Å². The van der Waals surface area contributed by atoms with Gasteiger partial charge in [-0.1, -0.05) is 24.3 Å². The number of Topliss-reactive ketones (excluding diaryl/α,β-unsaturated/α-hetero) is 1. The molecule has 0 radical (unpaired) electrons. The van der Waals surface area contributed by atoms with Crippen LogP contribution in [0.3, 0.4) is 0 Å². The fourth-order valence-corrected chi connectivity index (χ4v) is 5.43. The summed E-state index contributed by atoms with van der Waals surface area (Å²) >= 11 is 0. The van der Waals surface area contributed by atoms with Crippen molar-refractivity contribution in [2.24, 2.45) is 10.7 Å². The lowest BCUT2D eigenvalue weighted by Crippen LogP contribution is -2.65.